The zero-order valence-corrected chi connectivity index (χ0v) is 11.4. The average molecular weight is 303 g/mol. The highest BCUT2D eigenvalue weighted by Crippen LogP contribution is 2.24. The van der Waals surface area contributed by atoms with E-state index in [9.17, 15) is 17.2 Å². The van der Waals surface area contributed by atoms with E-state index in [0.29, 0.717) is 0 Å². The molecule has 0 amide bonds. The fourth-order valence-corrected chi connectivity index (χ4v) is 3.91. The van der Waals surface area contributed by atoms with Crippen LogP contribution in [0.1, 0.15) is 4.88 Å². The molecule has 0 bridgehead atoms. The number of thiophene rings is 1. The number of hydrogen-bond acceptors (Lipinski definition) is 4. The third-order valence-corrected chi connectivity index (χ3v) is 5.22. The van der Waals surface area contributed by atoms with Crippen molar-refractivity contribution < 1.29 is 17.2 Å². The lowest BCUT2D eigenvalue weighted by Gasteiger charge is -2.07. The summed E-state index contributed by atoms with van der Waals surface area (Å²) in [6, 6.07) is 5.18. The molecule has 0 aliphatic heterocycles. The number of sulfone groups is 1. The zero-order chi connectivity index (χ0) is 14.0. The minimum Gasteiger partial charge on any atom is -0.399 e. The van der Waals surface area contributed by atoms with Gasteiger partial charge in [0.15, 0.2) is 9.84 Å². The predicted octanol–water partition coefficient (Wildman–Crippen LogP) is 2.62. The van der Waals surface area contributed by atoms with Gasteiger partial charge >= 0.3 is 0 Å². The molecule has 0 saturated carbocycles. The first-order valence-corrected chi connectivity index (χ1v) is 7.93. The summed E-state index contributed by atoms with van der Waals surface area (Å²) in [5.74, 6) is -2.64. The molecule has 0 spiro atoms. The summed E-state index contributed by atoms with van der Waals surface area (Å²) < 4.78 is 51.1. The van der Waals surface area contributed by atoms with Gasteiger partial charge in [0.1, 0.15) is 16.5 Å². The second kappa shape index (κ2) is 5.26. The van der Waals surface area contributed by atoms with Crippen molar-refractivity contribution in [2.24, 2.45) is 0 Å². The molecule has 0 fully saturated rings. The van der Waals surface area contributed by atoms with E-state index in [-0.39, 0.29) is 17.9 Å². The molecule has 0 radical (unpaired) electrons. The van der Waals surface area contributed by atoms with Crippen LogP contribution in [0.15, 0.2) is 34.5 Å². The molecule has 1 aromatic carbocycles. The molecule has 2 aromatic rings. The minimum absolute atomic E-state index is 0.146. The van der Waals surface area contributed by atoms with Crippen molar-refractivity contribution >= 4 is 26.9 Å². The number of nitrogens with two attached hydrogens (primary N) is 1. The van der Waals surface area contributed by atoms with Gasteiger partial charge in [-0.1, -0.05) is 6.07 Å². The molecule has 1 heterocycles. The largest absolute Gasteiger partial charge is 0.399 e. The fourth-order valence-electron chi connectivity index (χ4n) is 1.67. The Hall–Kier alpha value is -1.47. The van der Waals surface area contributed by atoms with Crippen molar-refractivity contribution in [2.75, 3.05) is 11.5 Å². The Bertz CT molecular complexity index is 659. The Kier molecular flexibility index (Phi) is 3.86. The highest BCUT2D eigenvalue weighted by Gasteiger charge is 2.24. The third-order valence-electron chi connectivity index (χ3n) is 2.53. The van der Waals surface area contributed by atoms with Crippen LogP contribution in [0.3, 0.4) is 0 Å². The van der Waals surface area contributed by atoms with Crippen LogP contribution in [0.4, 0.5) is 14.5 Å². The molecule has 3 nitrogen and oxygen atoms in total. The quantitative estimate of drug-likeness (QED) is 0.883. The fraction of sp³-hybridized carbons (Fsp3) is 0.167. The van der Waals surface area contributed by atoms with Gasteiger partial charge < -0.3 is 5.73 Å². The van der Waals surface area contributed by atoms with Crippen molar-refractivity contribution in [3.8, 4) is 0 Å². The van der Waals surface area contributed by atoms with Crippen molar-refractivity contribution in [1.82, 2.24) is 0 Å². The predicted molar refractivity (Wildman–Crippen MR) is 70.8 cm³/mol. The highest BCUT2D eigenvalue weighted by atomic mass is 32.2. The molecule has 2 rings (SSSR count). The topological polar surface area (TPSA) is 60.2 Å². The summed E-state index contributed by atoms with van der Waals surface area (Å²) in [7, 11) is -4.01. The number of anilines is 1. The number of rotatable bonds is 4. The van der Waals surface area contributed by atoms with Crippen LogP contribution >= 0.6 is 11.3 Å². The van der Waals surface area contributed by atoms with Gasteiger partial charge in [0.2, 0.25) is 0 Å². The van der Waals surface area contributed by atoms with Gasteiger partial charge in [0.05, 0.1) is 5.75 Å². The molecule has 7 heteroatoms. The van der Waals surface area contributed by atoms with E-state index in [1.165, 1.54) is 11.3 Å². The summed E-state index contributed by atoms with van der Waals surface area (Å²) in [5, 5.41) is 1.81. The zero-order valence-electron chi connectivity index (χ0n) is 9.77. The minimum atomic E-state index is -4.01. The maximum absolute atomic E-state index is 13.6. The Labute approximate surface area is 113 Å². The lowest BCUT2D eigenvalue weighted by molar-refractivity contribution is 0.520. The van der Waals surface area contributed by atoms with E-state index in [4.69, 9.17) is 5.73 Å². The third kappa shape index (κ3) is 3.10. The summed E-state index contributed by atoms with van der Waals surface area (Å²) in [4.78, 5) is -0.0573. The smallest absolute Gasteiger partial charge is 0.184 e. The Morgan fingerprint density at radius 2 is 1.84 bits per heavy atom. The van der Waals surface area contributed by atoms with Crippen molar-refractivity contribution in [3.05, 3.63) is 46.2 Å². The van der Waals surface area contributed by atoms with E-state index >= 15 is 0 Å². The standard InChI is InChI=1S/C12H11F2NO2S2/c13-10-6-8(15)7-11(14)12(10)19(16,17)5-3-9-2-1-4-18-9/h1-2,4,6-7H,3,5,15H2. The molecule has 0 aliphatic carbocycles. The van der Waals surface area contributed by atoms with E-state index in [1.54, 1.807) is 12.1 Å². The second-order valence-electron chi connectivity index (χ2n) is 3.96. The Morgan fingerprint density at radius 3 is 2.37 bits per heavy atom. The number of halogens is 2. The molecule has 0 atom stereocenters. The second-order valence-corrected chi connectivity index (χ2v) is 7.04. The van der Waals surface area contributed by atoms with E-state index in [2.05, 4.69) is 0 Å². The SMILES string of the molecule is Nc1cc(F)c(S(=O)(=O)CCc2cccs2)c(F)c1. The highest BCUT2D eigenvalue weighted by molar-refractivity contribution is 7.91. The first-order chi connectivity index (χ1) is 8.90. The van der Waals surface area contributed by atoms with Gasteiger partial charge in [-0.25, -0.2) is 17.2 Å². The normalized spacial score (nSPS) is 11.7. The summed E-state index contributed by atoms with van der Waals surface area (Å²) in [6.45, 7) is 0. The Morgan fingerprint density at radius 1 is 1.21 bits per heavy atom. The van der Waals surface area contributed by atoms with Crippen molar-refractivity contribution in [3.63, 3.8) is 0 Å². The maximum Gasteiger partial charge on any atom is 0.184 e. The van der Waals surface area contributed by atoms with Gasteiger partial charge in [-0.15, -0.1) is 11.3 Å². The van der Waals surface area contributed by atoms with Gasteiger partial charge in [0.25, 0.3) is 0 Å². The van der Waals surface area contributed by atoms with E-state index < -0.39 is 26.4 Å². The van der Waals surface area contributed by atoms with E-state index in [0.717, 1.165) is 17.0 Å². The molecule has 2 N–H and O–H groups in total. The lowest BCUT2D eigenvalue weighted by atomic mass is 10.3. The number of nitrogen functional groups attached to an aromatic ring is 1. The maximum atomic E-state index is 13.6. The molecule has 102 valence electrons. The average Bonchev–Trinajstić information content (AvgIpc) is 2.77. The van der Waals surface area contributed by atoms with Crippen LogP contribution in [0, 0.1) is 11.6 Å². The van der Waals surface area contributed by atoms with Gasteiger partial charge in [0, 0.05) is 10.6 Å². The molecule has 19 heavy (non-hydrogen) atoms. The lowest BCUT2D eigenvalue weighted by Crippen LogP contribution is -2.13. The monoisotopic (exact) mass is 303 g/mol. The van der Waals surface area contributed by atoms with Crippen LogP contribution in [-0.2, 0) is 16.3 Å². The molecule has 0 unspecified atom stereocenters. The van der Waals surface area contributed by atoms with E-state index in [1.807, 2.05) is 5.38 Å². The van der Waals surface area contributed by atoms with Crippen molar-refractivity contribution in [1.29, 1.82) is 0 Å². The summed E-state index contributed by atoms with van der Waals surface area (Å²) >= 11 is 1.40. The molecular weight excluding hydrogens is 292 g/mol. The summed E-state index contributed by atoms with van der Waals surface area (Å²) in [6.07, 6.45) is 0.225. The Balaban J connectivity index is 2.29. The molecule has 0 aliphatic rings. The number of hydrogen-bond donors (Lipinski definition) is 1. The van der Waals surface area contributed by atoms with Gasteiger partial charge in [-0.3, -0.25) is 0 Å². The first-order valence-electron chi connectivity index (χ1n) is 5.40. The first kappa shape index (κ1) is 14.0. The van der Waals surface area contributed by atoms with Crippen LogP contribution in [0.2, 0.25) is 0 Å². The van der Waals surface area contributed by atoms with Crippen molar-refractivity contribution in [2.45, 2.75) is 11.3 Å². The summed E-state index contributed by atoms with van der Waals surface area (Å²) in [5.41, 5.74) is 5.10. The number of aryl methyl sites for hydroxylation is 1. The molecule has 1 aromatic heterocycles. The van der Waals surface area contributed by atoms with Gasteiger partial charge in [-0.05, 0) is 30.0 Å². The van der Waals surface area contributed by atoms with Crippen LogP contribution in [0.25, 0.3) is 0 Å². The molecule has 0 saturated heterocycles. The molecular formula is C12H11F2NO2S2. The van der Waals surface area contributed by atoms with Gasteiger partial charge in [-0.2, -0.15) is 0 Å². The van der Waals surface area contributed by atoms with Crippen LogP contribution in [-0.4, -0.2) is 14.2 Å². The van der Waals surface area contributed by atoms with Crippen LogP contribution in [0.5, 0.6) is 0 Å². The number of benzene rings is 1. The van der Waals surface area contributed by atoms with Crippen LogP contribution < -0.4 is 5.73 Å².